The zero-order valence-corrected chi connectivity index (χ0v) is 19.3. The molecule has 2 heterocycles. The Morgan fingerprint density at radius 2 is 1.84 bits per heavy atom. The lowest BCUT2D eigenvalue weighted by Crippen LogP contribution is -2.45. The number of aryl methyl sites for hydroxylation is 2. The largest absolute Gasteiger partial charge is 0.480 e. The van der Waals surface area contributed by atoms with E-state index in [1.54, 1.807) is 0 Å². The molecule has 1 aromatic rings. The Labute approximate surface area is 186 Å². The van der Waals surface area contributed by atoms with Crippen molar-refractivity contribution in [3.63, 3.8) is 0 Å². The van der Waals surface area contributed by atoms with Crippen LogP contribution in [0.4, 0.5) is 5.82 Å². The van der Waals surface area contributed by atoms with Crippen molar-refractivity contribution in [1.29, 1.82) is 0 Å². The summed E-state index contributed by atoms with van der Waals surface area (Å²) in [6.07, 6.45) is 12.5. The molecule has 7 nitrogen and oxygen atoms in total. The highest BCUT2D eigenvalue weighted by molar-refractivity contribution is 7.90. The molecule has 0 unspecified atom stereocenters. The monoisotopic (exact) mass is 451 g/mol. The molecule has 0 aromatic carbocycles. The van der Waals surface area contributed by atoms with Crippen molar-refractivity contribution in [1.82, 2.24) is 9.71 Å². The molecule has 0 saturated heterocycles. The van der Waals surface area contributed by atoms with Crippen molar-refractivity contribution in [3.05, 3.63) is 23.4 Å². The summed E-state index contributed by atoms with van der Waals surface area (Å²) >= 11 is 0. The van der Waals surface area contributed by atoms with Crippen molar-refractivity contribution in [2.24, 2.45) is 0 Å². The van der Waals surface area contributed by atoms with E-state index in [1.807, 2.05) is 0 Å². The van der Waals surface area contributed by atoms with Gasteiger partial charge in [-0.3, -0.25) is 4.79 Å². The summed E-state index contributed by atoms with van der Waals surface area (Å²) in [5, 5.41) is 12.4. The van der Waals surface area contributed by atoms with Crippen LogP contribution in [-0.4, -0.2) is 42.3 Å². The van der Waals surface area contributed by atoms with Crippen LogP contribution < -0.4 is 10.0 Å². The van der Waals surface area contributed by atoms with Gasteiger partial charge in [0.25, 0.3) is 0 Å². The van der Waals surface area contributed by atoms with Crippen molar-refractivity contribution >= 4 is 21.8 Å². The minimum atomic E-state index is -3.56. The van der Waals surface area contributed by atoms with Gasteiger partial charge in [-0.05, 0) is 56.6 Å². The fourth-order valence-electron chi connectivity index (χ4n) is 4.60. The van der Waals surface area contributed by atoms with Crippen LogP contribution in [-0.2, 0) is 27.7 Å². The zero-order valence-electron chi connectivity index (χ0n) is 18.4. The summed E-state index contributed by atoms with van der Waals surface area (Å²) in [6, 6.07) is 3.30. The van der Waals surface area contributed by atoms with Gasteiger partial charge in [0.1, 0.15) is 11.9 Å². The average molecular weight is 452 g/mol. The second-order valence-electron chi connectivity index (χ2n) is 8.96. The molecule has 1 aromatic heterocycles. The first-order valence-corrected chi connectivity index (χ1v) is 13.5. The number of rotatable bonds is 12. The first-order valence-electron chi connectivity index (χ1n) is 11.9. The van der Waals surface area contributed by atoms with Gasteiger partial charge in [0.15, 0.2) is 0 Å². The molecule has 2 aliphatic rings. The van der Waals surface area contributed by atoms with E-state index in [-0.39, 0.29) is 0 Å². The summed E-state index contributed by atoms with van der Waals surface area (Å²) in [4.78, 5) is 16.3. The highest BCUT2D eigenvalue weighted by atomic mass is 32.2. The molecule has 1 aliphatic carbocycles. The van der Waals surface area contributed by atoms with Gasteiger partial charge in [-0.1, -0.05) is 51.0 Å². The predicted molar refractivity (Wildman–Crippen MR) is 123 cm³/mol. The smallest absolute Gasteiger partial charge is 0.321 e. The molecule has 174 valence electrons. The first kappa shape index (κ1) is 24.0. The molecule has 1 atom stereocenters. The number of unbranched alkanes of at least 4 members (excludes halogenated alkanes) is 4. The third-order valence-electron chi connectivity index (χ3n) is 6.47. The van der Waals surface area contributed by atoms with Gasteiger partial charge in [-0.2, -0.15) is 0 Å². The highest BCUT2D eigenvalue weighted by Crippen LogP contribution is 2.24. The molecule has 8 heteroatoms. The Morgan fingerprint density at radius 3 is 2.61 bits per heavy atom. The Kier molecular flexibility index (Phi) is 9.14. The van der Waals surface area contributed by atoms with Crippen molar-refractivity contribution in [2.75, 3.05) is 11.9 Å². The number of pyridine rings is 1. The van der Waals surface area contributed by atoms with Gasteiger partial charge in [-0.25, -0.2) is 18.1 Å². The first-order chi connectivity index (χ1) is 15.0. The molecular weight excluding hydrogens is 414 g/mol. The molecule has 1 saturated carbocycles. The lowest BCUT2D eigenvalue weighted by molar-refractivity contribution is -0.139. The van der Waals surface area contributed by atoms with Gasteiger partial charge in [0.2, 0.25) is 10.0 Å². The molecule has 31 heavy (non-hydrogen) atoms. The van der Waals surface area contributed by atoms with Crippen LogP contribution in [0.3, 0.4) is 0 Å². The topological polar surface area (TPSA) is 108 Å². The van der Waals surface area contributed by atoms with Gasteiger partial charge in [0, 0.05) is 12.2 Å². The highest BCUT2D eigenvalue weighted by Gasteiger charge is 2.31. The van der Waals surface area contributed by atoms with Crippen molar-refractivity contribution in [2.45, 2.75) is 101 Å². The number of carboxylic acids is 1. The molecule has 3 N–H and O–H groups in total. The Morgan fingerprint density at radius 1 is 1.10 bits per heavy atom. The zero-order chi connectivity index (χ0) is 22.1. The van der Waals surface area contributed by atoms with E-state index in [0.717, 1.165) is 75.8 Å². The number of sulfonamides is 1. The summed E-state index contributed by atoms with van der Waals surface area (Å²) in [5.74, 6) is -0.0365. The van der Waals surface area contributed by atoms with E-state index >= 15 is 0 Å². The van der Waals surface area contributed by atoms with Crippen LogP contribution in [0.2, 0.25) is 0 Å². The van der Waals surface area contributed by atoms with Gasteiger partial charge in [-0.15, -0.1) is 0 Å². The van der Waals surface area contributed by atoms with E-state index < -0.39 is 27.3 Å². The average Bonchev–Trinajstić information content (AvgIpc) is 2.78. The van der Waals surface area contributed by atoms with Crippen molar-refractivity contribution < 1.29 is 18.3 Å². The fraction of sp³-hybridized carbons (Fsp3) is 0.739. The Balaban J connectivity index is 1.32. The number of anilines is 1. The number of hydrogen-bond donors (Lipinski definition) is 3. The Hall–Kier alpha value is -1.67. The second kappa shape index (κ2) is 11.8. The van der Waals surface area contributed by atoms with Gasteiger partial charge >= 0.3 is 5.97 Å². The SMILES string of the molecule is O=C(O)[C@H](CCCCCCCc1ccc2c(n1)NCCC2)NS(=O)(=O)C1CCCCC1. The molecule has 3 rings (SSSR count). The Bertz CT molecular complexity index is 822. The quantitative estimate of drug-likeness (QED) is 0.414. The van der Waals surface area contributed by atoms with Crippen LogP contribution in [0.1, 0.15) is 88.3 Å². The number of nitrogens with zero attached hydrogens (tertiary/aromatic N) is 1. The fourth-order valence-corrected chi connectivity index (χ4v) is 6.36. The third-order valence-corrected chi connectivity index (χ3v) is 8.44. The molecule has 0 radical (unpaired) electrons. The molecular formula is C23H37N3O4S. The summed E-state index contributed by atoms with van der Waals surface area (Å²) < 4.78 is 27.5. The molecule has 0 amide bonds. The third kappa shape index (κ3) is 7.45. The number of carboxylic acid groups (broad SMARTS) is 1. The molecule has 0 spiro atoms. The minimum absolute atomic E-state index is 0.347. The minimum Gasteiger partial charge on any atom is -0.480 e. The second-order valence-corrected chi connectivity index (χ2v) is 11.0. The standard InChI is InChI=1S/C23H37N3O4S/c27-23(28)21(26-31(29,30)20-12-6-4-7-13-20)14-8-3-1-2-5-11-19-16-15-18-10-9-17-24-22(18)25-19/h15-16,20-21,26H,1-14,17H2,(H,24,25)(H,27,28)/t21-/m0/s1. The van der Waals surface area contributed by atoms with E-state index in [0.29, 0.717) is 25.7 Å². The maximum absolute atomic E-state index is 12.5. The van der Waals surface area contributed by atoms with E-state index in [2.05, 4.69) is 22.2 Å². The summed E-state index contributed by atoms with van der Waals surface area (Å²) in [6.45, 7) is 0.998. The van der Waals surface area contributed by atoms with Gasteiger partial charge in [0.05, 0.1) is 5.25 Å². The van der Waals surface area contributed by atoms with Crippen LogP contribution in [0.5, 0.6) is 0 Å². The van der Waals surface area contributed by atoms with Crippen LogP contribution >= 0.6 is 0 Å². The summed E-state index contributed by atoms with van der Waals surface area (Å²) in [5.41, 5.74) is 2.43. The molecule has 1 fully saturated rings. The maximum atomic E-state index is 12.5. The number of hydrogen-bond acceptors (Lipinski definition) is 5. The number of aromatic nitrogens is 1. The van der Waals surface area contributed by atoms with E-state index in [1.165, 1.54) is 12.0 Å². The van der Waals surface area contributed by atoms with Crippen LogP contribution in [0.25, 0.3) is 0 Å². The normalized spacial score (nSPS) is 18.2. The van der Waals surface area contributed by atoms with Crippen LogP contribution in [0.15, 0.2) is 12.1 Å². The van der Waals surface area contributed by atoms with E-state index in [4.69, 9.17) is 4.98 Å². The number of carbonyl (C=O) groups is 1. The number of aliphatic carboxylic acids is 1. The number of fused-ring (bicyclic) bond motifs is 1. The lowest BCUT2D eigenvalue weighted by Gasteiger charge is -2.24. The molecule has 0 bridgehead atoms. The molecule has 1 aliphatic heterocycles. The number of nitrogens with one attached hydrogen (secondary N) is 2. The van der Waals surface area contributed by atoms with Crippen LogP contribution in [0, 0.1) is 0 Å². The summed E-state index contributed by atoms with van der Waals surface area (Å²) in [7, 11) is -3.56. The van der Waals surface area contributed by atoms with Gasteiger partial charge < -0.3 is 10.4 Å². The maximum Gasteiger partial charge on any atom is 0.321 e. The predicted octanol–water partition coefficient (Wildman–Crippen LogP) is 4.03. The lowest BCUT2D eigenvalue weighted by atomic mass is 10.0. The van der Waals surface area contributed by atoms with E-state index in [9.17, 15) is 18.3 Å². The van der Waals surface area contributed by atoms with Crippen molar-refractivity contribution in [3.8, 4) is 0 Å².